The Bertz CT molecular complexity index is 357. The summed E-state index contributed by atoms with van der Waals surface area (Å²) in [6.45, 7) is 3.19. The zero-order valence-corrected chi connectivity index (χ0v) is 9.03. The van der Waals surface area contributed by atoms with Crippen LogP contribution in [0.2, 0.25) is 5.02 Å². The van der Waals surface area contributed by atoms with Crippen molar-refractivity contribution in [2.24, 2.45) is 0 Å². The molecule has 1 aliphatic heterocycles. The summed E-state index contributed by atoms with van der Waals surface area (Å²) < 4.78 is 13.7. The highest BCUT2D eigenvalue weighted by Gasteiger charge is 2.33. The van der Waals surface area contributed by atoms with Gasteiger partial charge in [0, 0.05) is 10.7 Å². The average molecular weight is 214 g/mol. The van der Waals surface area contributed by atoms with E-state index in [2.05, 4.69) is 5.32 Å². The van der Waals surface area contributed by atoms with Gasteiger partial charge in [-0.2, -0.15) is 0 Å². The van der Waals surface area contributed by atoms with Gasteiger partial charge in [-0.1, -0.05) is 17.7 Å². The fourth-order valence-electron chi connectivity index (χ4n) is 1.73. The van der Waals surface area contributed by atoms with Crippen LogP contribution in [-0.4, -0.2) is 11.7 Å². The smallest absolute Gasteiger partial charge is 0.125 e. The minimum Gasteiger partial charge on any atom is -0.379 e. The van der Waals surface area contributed by atoms with Crippen LogP contribution < -0.4 is 5.32 Å². The van der Waals surface area contributed by atoms with Gasteiger partial charge in [-0.15, -0.1) is 0 Å². The van der Waals surface area contributed by atoms with E-state index < -0.39 is 5.67 Å². The largest absolute Gasteiger partial charge is 0.379 e. The molecule has 3 heteroatoms. The number of fused-ring (bicyclic) bond motifs is 1. The lowest BCUT2D eigenvalue weighted by Crippen LogP contribution is -2.36. The molecule has 0 amide bonds. The Morgan fingerprint density at radius 2 is 2.21 bits per heavy atom. The van der Waals surface area contributed by atoms with Crippen LogP contribution in [-0.2, 0) is 6.42 Å². The van der Waals surface area contributed by atoms with E-state index in [4.69, 9.17) is 11.6 Å². The summed E-state index contributed by atoms with van der Waals surface area (Å²) in [5, 5.41) is 3.84. The van der Waals surface area contributed by atoms with Crippen LogP contribution in [0.4, 0.5) is 10.1 Å². The molecular weight excluding hydrogens is 201 g/mol. The Labute approximate surface area is 88.3 Å². The first-order valence-corrected chi connectivity index (χ1v) is 5.08. The second kappa shape index (κ2) is 3.13. The number of alkyl halides is 1. The molecule has 1 aromatic rings. The Kier molecular flexibility index (Phi) is 2.18. The lowest BCUT2D eigenvalue weighted by atomic mass is 9.98. The molecule has 1 heterocycles. The number of benzene rings is 1. The minimum absolute atomic E-state index is 0.143. The molecule has 0 radical (unpaired) electrons. The highest BCUT2D eigenvalue weighted by molar-refractivity contribution is 6.30. The van der Waals surface area contributed by atoms with E-state index >= 15 is 0 Å². The van der Waals surface area contributed by atoms with Crippen molar-refractivity contribution < 1.29 is 4.39 Å². The van der Waals surface area contributed by atoms with Crippen LogP contribution in [0, 0.1) is 0 Å². The molecule has 1 nitrogen and oxygen atoms in total. The molecule has 1 aromatic carbocycles. The monoisotopic (exact) mass is 213 g/mol. The Balaban J connectivity index is 2.26. The molecule has 1 aliphatic rings. The summed E-state index contributed by atoms with van der Waals surface area (Å²) in [7, 11) is 0. The standard InChI is InChI=1S/C11H13ClFN/c1-11(2,13)10-5-7-3-4-8(12)6-9(7)14-10/h3-4,6,10,14H,5H2,1-2H3. The van der Waals surface area contributed by atoms with Crippen molar-refractivity contribution in [1.29, 1.82) is 0 Å². The van der Waals surface area contributed by atoms with Crippen molar-refractivity contribution in [1.82, 2.24) is 0 Å². The molecule has 0 bridgehead atoms. The summed E-state index contributed by atoms with van der Waals surface area (Å²) in [6, 6.07) is 5.50. The molecule has 76 valence electrons. The molecule has 1 atom stereocenters. The highest BCUT2D eigenvalue weighted by atomic mass is 35.5. The third kappa shape index (κ3) is 1.71. The second-order valence-electron chi connectivity index (χ2n) is 4.27. The van der Waals surface area contributed by atoms with Gasteiger partial charge in [0.15, 0.2) is 0 Å². The zero-order chi connectivity index (χ0) is 10.3. The number of hydrogen-bond acceptors (Lipinski definition) is 1. The first-order chi connectivity index (χ1) is 6.47. The van der Waals surface area contributed by atoms with Crippen LogP contribution in [0.15, 0.2) is 18.2 Å². The Hall–Kier alpha value is -0.760. The van der Waals surface area contributed by atoms with E-state index in [1.165, 1.54) is 0 Å². The van der Waals surface area contributed by atoms with E-state index in [9.17, 15) is 4.39 Å². The van der Waals surface area contributed by atoms with E-state index in [1.807, 2.05) is 18.2 Å². The van der Waals surface area contributed by atoms with Gasteiger partial charge < -0.3 is 5.32 Å². The van der Waals surface area contributed by atoms with E-state index in [1.54, 1.807) is 13.8 Å². The quantitative estimate of drug-likeness (QED) is 0.754. The molecule has 0 saturated heterocycles. The maximum absolute atomic E-state index is 13.7. The van der Waals surface area contributed by atoms with Gasteiger partial charge >= 0.3 is 0 Å². The average Bonchev–Trinajstić information content (AvgIpc) is 2.45. The maximum Gasteiger partial charge on any atom is 0.125 e. The number of halogens is 2. The van der Waals surface area contributed by atoms with Gasteiger partial charge in [0.25, 0.3) is 0 Å². The number of rotatable bonds is 1. The van der Waals surface area contributed by atoms with Crippen LogP contribution in [0.5, 0.6) is 0 Å². The molecule has 1 unspecified atom stereocenters. The van der Waals surface area contributed by atoms with Gasteiger partial charge in [-0.05, 0) is 38.0 Å². The van der Waals surface area contributed by atoms with Crippen molar-refractivity contribution in [2.75, 3.05) is 5.32 Å². The number of nitrogens with one attached hydrogen (secondary N) is 1. The van der Waals surface area contributed by atoms with Gasteiger partial charge in [-0.25, -0.2) is 4.39 Å². The molecule has 0 fully saturated rings. The van der Waals surface area contributed by atoms with E-state index in [0.717, 1.165) is 17.7 Å². The molecular formula is C11H13ClFN. The minimum atomic E-state index is -1.20. The summed E-state index contributed by atoms with van der Waals surface area (Å²) in [6.07, 6.45) is 0.732. The lowest BCUT2D eigenvalue weighted by Gasteiger charge is -2.22. The third-order valence-electron chi connectivity index (χ3n) is 2.65. The Morgan fingerprint density at radius 1 is 1.50 bits per heavy atom. The highest BCUT2D eigenvalue weighted by Crippen LogP contribution is 2.33. The number of hydrogen-bond donors (Lipinski definition) is 1. The van der Waals surface area contributed by atoms with Crippen LogP contribution in [0.3, 0.4) is 0 Å². The summed E-state index contributed by atoms with van der Waals surface area (Å²) in [4.78, 5) is 0. The lowest BCUT2D eigenvalue weighted by molar-refractivity contribution is 0.187. The fraction of sp³-hybridized carbons (Fsp3) is 0.455. The van der Waals surface area contributed by atoms with E-state index in [0.29, 0.717) is 5.02 Å². The van der Waals surface area contributed by atoms with Crippen LogP contribution in [0.25, 0.3) is 0 Å². The molecule has 2 rings (SSSR count). The predicted octanol–water partition coefficient (Wildman–Crippen LogP) is 3.42. The van der Waals surface area contributed by atoms with Gasteiger partial charge in [0.2, 0.25) is 0 Å². The van der Waals surface area contributed by atoms with Crippen molar-refractivity contribution in [3.63, 3.8) is 0 Å². The summed E-state index contributed by atoms with van der Waals surface area (Å²) >= 11 is 5.85. The molecule has 0 aliphatic carbocycles. The molecule has 0 saturated carbocycles. The van der Waals surface area contributed by atoms with Gasteiger partial charge in [0.05, 0.1) is 6.04 Å². The SMILES string of the molecule is CC(C)(F)C1Cc2ccc(Cl)cc2N1. The summed E-state index contributed by atoms with van der Waals surface area (Å²) in [5.74, 6) is 0. The maximum atomic E-state index is 13.7. The fourth-order valence-corrected chi connectivity index (χ4v) is 1.91. The molecule has 14 heavy (non-hydrogen) atoms. The zero-order valence-electron chi connectivity index (χ0n) is 8.27. The third-order valence-corrected chi connectivity index (χ3v) is 2.89. The second-order valence-corrected chi connectivity index (χ2v) is 4.70. The summed E-state index contributed by atoms with van der Waals surface area (Å²) in [5.41, 5.74) is 0.907. The van der Waals surface area contributed by atoms with Gasteiger partial charge in [-0.3, -0.25) is 0 Å². The molecule has 0 spiro atoms. The van der Waals surface area contributed by atoms with Crippen molar-refractivity contribution in [3.8, 4) is 0 Å². The van der Waals surface area contributed by atoms with Crippen molar-refractivity contribution >= 4 is 17.3 Å². The van der Waals surface area contributed by atoms with Crippen LogP contribution in [0.1, 0.15) is 19.4 Å². The first-order valence-electron chi connectivity index (χ1n) is 4.71. The normalized spacial score (nSPS) is 20.4. The first kappa shape index (κ1) is 9.78. The molecule has 0 aromatic heterocycles. The van der Waals surface area contributed by atoms with Gasteiger partial charge in [0.1, 0.15) is 5.67 Å². The van der Waals surface area contributed by atoms with Crippen molar-refractivity contribution in [3.05, 3.63) is 28.8 Å². The van der Waals surface area contributed by atoms with Crippen LogP contribution >= 0.6 is 11.6 Å². The Morgan fingerprint density at radius 3 is 2.86 bits per heavy atom. The van der Waals surface area contributed by atoms with E-state index in [-0.39, 0.29) is 6.04 Å². The predicted molar refractivity (Wildman–Crippen MR) is 57.8 cm³/mol. The molecule has 1 N–H and O–H groups in total. The number of anilines is 1. The topological polar surface area (TPSA) is 12.0 Å². The van der Waals surface area contributed by atoms with Crippen molar-refractivity contribution in [2.45, 2.75) is 32.0 Å².